The minimum Gasteiger partial charge on any atom is -0.387 e. The van der Waals surface area contributed by atoms with Crippen LogP contribution in [0.15, 0.2) is 24.3 Å². The lowest BCUT2D eigenvalue weighted by atomic mass is 10.0. The van der Waals surface area contributed by atoms with E-state index in [2.05, 4.69) is 31.3 Å². The van der Waals surface area contributed by atoms with Crippen LogP contribution in [0.2, 0.25) is 0 Å². The normalized spacial score (nSPS) is 14.1. The van der Waals surface area contributed by atoms with Gasteiger partial charge in [0.2, 0.25) is 5.91 Å². The van der Waals surface area contributed by atoms with Crippen molar-refractivity contribution in [2.75, 3.05) is 5.75 Å². The van der Waals surface area contributed by atoms with Crippen molar-refractivity contribution in [1.82, 2.24) is 5.32 Å². The Bertz CT molecular complexity index is 890. The highest BCUT2D eigenvalue weighted by molar-refractivity contribution is 7.85. The van der Waals surface area contributed by atoms with Gasteiger partial charge in [-0.2, -0.15) is 8.42 Å². The van der Waals surface area contributed by atoms with E-state index in [1.807, 2.05) is 0 Å². The molecule has 0 fully saturated rings. The molecule has 0 aromatic carbocycles. The Morgan fingerprint density at radius 1 is 0.551 bits per heavy atom. The Morgan fingerprint density at radius 2 is 0.918 bits per heavy atom. The Kier molecular flexibility index (Phi) is 34.3. The summed E-state index contributed by atoms with van der Waals surface area (Å²) in [5.74, 6) is -1.55. The van der Waals surface area contributed by atoms with Crippen molar-refractivity contribution in [3.05, 3.63) is 24.3 Å². The molecule has 8 heteroatoms. The Labute approximate surface area is 303 Å². The highest BCUT2D eigenvalue weighted by atomic mass is 32.2. The van der Waals surface area contributed by atoms with Gasteiger partial charge >= 0.3 is 0 Å². The molecular weight excluding hydrogens is 635 g/mol. The molecule has 0 rings (SSSR count). The van der Waals surface area contributed by atoms with Crippen LogP contribution in [0.4, 0.5) is 0 Å². The van der Waals surface area contributed by atoms with Crippen molar-refractivity contribution in [1.29, 1.82) is 0 Å². The molecule has 0 aromatic rings. The van der Waals surface area contributed by atoms with Crippen molar-refractivity contribution in [2.24, 2.45) is 0 Å². The summed E-state index contributed by atoms with van der Waals surface area (Å²) in [6.07, 6.45) is 41.0. The van der Waals surface area contributed by atoms with Crippen molar-refractivity contribution < 1.29 is 28.0 Å². The number of unbranched alkanes of at least 4 members (excludes halogenated alkanes) is 26. The zero-order valence-electron chi connectivity index (χ0n) is 31.9. The van der Waals surface area contributed by atoms with Gasteiger partial charge < -0.3 is 15.5 Å². The summed E-state index contributed by atoms with van der Waals surface area (Å²) in [7, 11) is -4.45. The molecule has 0 aliphatic carbocycles. The highest BCUT2D eigenvalue weighted by Crippen LogP contribution is 2.15. The summed E-state index contributed by atoms with van der Waals surface area (Å²) < 4.78 is 32.5. The van der Waals surface area contributed by atoms with Crippen LogP contribution >= 0.6 is 0 Å². The first kappa shape index (κ1) is 47.8. The van der Waals surface area contributed by atoms with Gasteiger partial charge in [-0.05, 0) is 32.1 Å². The van der Waals surface area contributed by atoms with Gasteiger partial charge in [0.15, 0.2) is 0 Å². The largest absolute Gasteiger partial charge is 0.387 e. The third-order valence-corrected chi connectivity index (χ3v) is 10.3. The zero-order chi connectivity index (χ0) is 36.3. The third kappa shape index (κ3) is 35.0. The van der Waals surface area contributed by atoms with Crippen molar-refractivity contribution in [3.8, 4) is 0 Å². The maximum absolute atomic E-state index is 12.5. The average Bonchev–Trinajstić information content (AvgIpc) is 3.06. The van der Waals surface area contributed by atoms with Gasteiger partial charge in [-0.1, -0.05) is 199 Å². The fourth-order valence-corrected chi connectivity index (χ4v) is 7.03. The van der Waals surface area contributed by atoms with Crippen molar-refractivity contribution in [2.45, 2.75) is 225 Å². The maximum Gasteiger partial charge on any atom is 0.267 e. The number of aliphatic hydroxyl groups excluding tert-OH is 2. The predicted octanol–water partition coefficient (Wildman–Crippen LogP) is 10.9. The van der Waals surface area contributed by atoms with Crippen LogP contribution in [0, 0.1) is 0 Å². The van der Waals surface area contributed by atoms with E-state index in [1.165, 1.54) is 147 Å². The van der Waals surface area contributed by atoms with Crippen molar-refractivity contribution >= 4 is 16.0 Å². The van der Waals surface area contributed by atoms with Gasteiger partial charge in [-0.15, -0.1) is 0 Å². The summed E-state index contributed by atoms with van der Waals surface area (Å²) in [4.78, 5) is 12.5. The molecule has 0 heterocycles. The molecule has 1 amide bonds. The van der Waals surface area contributed by atoms with E-state index in [0.29, 0.717) is 12.8 Å². The molecule has 3 unspecified atom stereocenters. The number of aliphatic hydroxyl groups is 2. The van der Waals surface area contributed by atoms with Crippen molar-refractivity contribution in [3.63, 3.8) is 0 Å². The van der Waals surface area contributed by atoms with Gasteiger partial charge in [-0.3, -0.25) is 9.35 Å². The van der Waals surface area contributed by atoms with Gasteiger partial charge in [0.05, 0.1) is 17.9 Å². The lowest BCUT2D eigenvalue weighted by Crippen LogP contribution is -2.50. The smallest absolute Gasteiger partial charge is 0.267 e. The molecule has 0 spiro atoms. The maximum atomic E-state index is 12.5. The summed E-state index contributed by atoms with van der Waals surface area (Å²) in [5.41, 5.74) is 0. The van der Waals surface area contributed by atoms with Crippen LogP contribution in [-0.2, 0) is 14.9 Å². The molecule has 4 N–H and O–H groups in total. The molecule has 0 radical (unpaired) electrons. The Balaban J connectivity index is 4.03. The van der Waals surface area contributed by atoms with Crippen LogP contribution in [0.25, 0.3) is 0 Å². The second-order valence-electron chi connectivity index (χ2n) is 14.4. The summed E-state index contributed by atoms with van der Waals surface area (Å²) >= 11 is 0. The van der Waals surface area contributed by atoms with Gasteiger partial charge in [-0.25, -0.2) is 0 Å². The molecule has 0 aliphatic rings. The number of rotatable bonds is 37. The number of amides is 1. The minimum absolute atomic E-state index is 0.277. The Hall–Kier alpha value is -1.22. The third-order valence-electron chi connectivity index (χ3n) is 9.49. The van der Waals surface area contributed by atoms with E-state index in [-0.39, 0.29) is 6.42 Å². The van der Waals surface area contributed by atoms with Gasteiger partial charge in [0.1, 0.15) is 6.10 Å². The number of hydrogen-bond donors (Lipinski definition) is 4. The fourth-order valence-electron chi connectivity index (χ4n) is 6.30. The number of carbonyl (C=O) groups is 1. The summed E-state index contributed by atoms with van der Waals surface area (Å²) in [6.45, 7) is 4.50. The number of allylic oxidation sites excluding steroid dienone is 3. The molecule has 7 nitrogen and oxygen atoms in total. The monoisotopic (exact) mass is 714 g/mol. The number of hydrogen-bond acceptors (Lipinski definition) is 5. The molecule has 0 bridgehead atoms. The molecule has 0 aromatic heterocycles. The molecule has 0 saturated carbocycles. The molecule has 290 valence electrons. The van der Waals surface area contributed by atoms with E-state index >= 15 is 0 Å². The average molecular weight is 714 g/mol. The quantitative estimate of drug-likeness (QED) is 0.0289. The summed E-state index contributed by atoms with van der Waals surface area (Å²) in [5, 5.41) is 23.3. The summed E-state index contributed by atoms with van der Waals surface area (Å²) in [6, 6.07) is -1.24. The van der Waals surface area contributed by atoms with Crippen LogP contribution in [-0.4, -0.2) is 53.1 Å². The molecule has 49 heavy (non-hydrogen) atoms. The molecule has 3 atom stereocenters. The van der Waals surface area contributed by atoms with Crippen LogP contribution in [0.5, 0.6) is 0 Å². The topological polar surface area (TPSA) is 124 Å². The van der Waals surface area contributed by atoms with Gasteiger partial charge in [0.25, 0.3) is 10.1 Å². The van der Waals surface area contributed by atoms with E-state index in [0.717, 1.165) is 32.1 Å². The van der Waals surface area contributed by atoms with E-state index in [4.69, 9.17) is 0 Å². The van der Waals surface area contributed by atoms with Gasteiger partial charge in [0, 0.05) is 0 Å². The minimum atomic E-state index is -4.45. The SMILES string of the molecule is CCCCCCCCCCCCCCCCC/C=C/CC/C=C/C(O)C(CS(=O)(=O)O)NC(=O)C(O)CCCCCCCCCCCCC. The standard InChI is InChI=1S/C41H79NO6S/c1-3-5-7-9-11-13-15-16-17-18-19-20-21-22-23-24-26-27-29-31-33-35-39(43)38(37-49(46,47)48)42-41(45)40(44)36-34-32-30-28-25-14-12-10-8-6-4-2/h26-27,33,35,38-40,43-44H,3-25,28-32,34,36-37H2,1-2H3,(H,42,45)(H,46,47,48)/b27-26+,35-33+. The number of carbonyl (C=O) groups excluding carboxylic acids is 1. The second kappa shape index (κ2) is 35.2. The lowest BCUT2D eigenvalue weighted by molar-refractivity contribution is -0.130. The van der Waals surface area contributed by atoms with Crippen LogP contribution in [0.3, 0.4) is 0 Å². The van der Waals surface area contributed by atoms with E-state index < -0.39 is 40.0 Å². The first-order chi connectivity index (χ1) is 23.7. The number of nitrogens with one attached hydrogen (secondary N) is 1. The first-order valence-electron chi connectivity index (χ1n) is 20.6. The predicted molar refractivity (Wildman–Crippen MR) is 208 cm³/mol. The second-order valence-corrected chi connectivity index (χ2v) is 15.9. The molecule has 0 aliphatic heterocycles. The van der Waals surface area contributed by atoms with E-state index in [9.17, 15) is 28.0 Å². The van der Waals surface area contributed by atoms with Crippen LogP contribution in [0.1, 0.15) is 206 Å². The molecular formula is C41H79NO6S. The first-order valence-corrected chi connectivity index (χ1v) is 22.3. The fraction of sp³-hybridized carbons (Fsp3) is 0.878. The Morgan fingerprint density at radius 3 is 1.35 bits per heavy atom. The highest BCUT2D eigenvalue weighted by Gasteiger charge is 2.27. The van der Waals surface area contributed by atoms with Crippen LogP contribution < -0.4 is 5.32 Å². The lowest BCUT2D eigenvalue weighted by Gasteiger charge is -2.22. The molecule has 0 saturated heterocycles. The van der Waals surface area contributed by atoms with E-state index in [1.54, 1.807) is 6.08 Å². The zero-order valence-corrected chi connectivity index (χ0v) is 32.8.